The molecular weight excluding hydrogens is 367 g/mol. The normalized spacial score (nSPS) is 10.4. The summed E-state index contributed by atoms with van der Waals surface area (Å²) in [7, 11) is 0. The summed E-state index contributed by atoms with van der Waals surface area (Å²) < 4.78 is 20.1. The van der Waals surface area contributed by atoms with Crippen molar-refractivity contribution in [1.82, 2.24) is 0 Å². The molecule has 0 bridgehead atoms. The van der Waals surface area contributed by atoms with E-state index >= 15 is 0 Å². The number of hydrogen-bond acceptors (Lipinski definition) is 2. The number of benzene rings is 2. The van der Waals surface area contributed by atoms with Gasteiger partial charge in [-0.25, -0.2) is 4.39 Å². The molecule has 0 fully saturated rings. The van der Waals surface area contributed by atoms with E-state index in [4.69, 9.17) is 9.84 Å². The lowest BCUT2D eigenvalue weighted by Crippen LogP contribution is -1.89. The predicted octanol–water partition coefficient (Wildman–Crippen LogP) is 4.64. The Hall–Kier alpha value is -0.910. The summed E-state index contributed by atoms with van der Waals surface area (Å²) in [6, 6.07) is 9.53. The van der Waals surface area contributed by atoms with Crippen molar-refractivity contribution in [3.8, 4) is 11.5 Å². The van der Waals surface area contributed by atoms with E-state index < -0.39 is 0 Å². The van der Waals surface area contributed by atoms with Crippen molar-refractivity contribution in [2.45, 2.75) is 6.61 Å². The predicted molar refractivity (Wildman–Crippen MR) is 74.2 cm³/mol. The van der Waals surface area contributed by atoms with Crippen LogP contribution < -0.4 is 4.74 Å². The number of aliphatic hydroxyl groups is 1. The summed E-state index contributed by atoms with van der Waals surface area (Å²) in [5.41, 5.74) is 0.766. The molecular formula is C13H9Br2FO2. The van der Waals surface area contributed by atoms with Gasteiger partial charge in [0.05, 0.1) is 6.61 Å². The molecule has 5 heteroatoms. The molecule has 0 atom stereocenters. The van der Waals surface area contributed by atoms with Crippen molar-refractivity contribution in [2.24, 2.45) is 0 Å². The maximum atomic E-state index is 13.2. The third kappa shape index (κ3) is 3.31. The first-order valence-electron chi connectivity index (χ1n) is 5.12. The van der Waals surface area contributed by atoms with E-state index in [9.17, 15) is 4.39 Å². The molecule has 2 nitrogen and oxygen atoms in total. The zero-order chi connectivity index (χ0) is 13.1. The van der Waals surface area contributed by atoms with Crippen molar-refractivity contribution < 1.29 is 14.2 Å². The number of halogens is 3. The summed E-state index contributed by atoms with van der Waals surface area (Å²) >= 11 is 6.53. The molecule has 0 spiro atoms. The first-order chi connectivity index (χ1) is 8.58. The van der Waals surface area contributed by atoms with Gasteiger partial charge >= 0.3 is 0 Å². The lowest BCUT2D eigenvalue weighted by atomic mass is 10.2. The van der Waals surface area contributed by atoms with Gasteiger partial charge in [0, 0.05) is 15.0 Å². The van der Waals surface area contributed by atoms with E-state index in [0.717, 1.165) is 10.0 Å². The number of ether oxygens (including phenoxy) is 1. The summed E-state index contributed by atoms with van der Waals surface area (Å²) in [5.74, 6) is 0.604. The SMILES string of the molecule is OCc1ccc(Oc2cc(F)cc(Br)c2)cc1Br. The van der Waals surface area contributed by atoms with Crippen LogP contribution in [0.15, 0.2) is 45.3 Å². The van der Waals surface area contributed by atoms with Crippen LogP contribution in [0, 0.1) is 5.82 Å². The van der Waals surface area contributed by atoms with Gasteiger partial charge in [-0.1, -0.05) is 37.9 Å². The minimum Gasteiger partial charge on any atom is -0.457 e. The second kappa shape index (κ2) is 5.82. The zero-order valence-corrected chi connectivity index (χ0v) is 12.3. The van der Waals surface area contributed by atoms with Gasteiger partial charge < -0.3 is 9.84 Å². The Bertz CT molecular complexity index is 553. The van der Waals surface area contributed by atoms with Crippen LogP contribution in [-0.4, -0.2) is 5.11 Å². The maximum Gasteiger partial charge on any atom is 0.131 e. The molecule has 0 aliphatic heterocycles. The Morgan fingerprint density at radius 2 is 1.83 bits per heavy atom. The molecule has 0 heterocycles. The van der Waals surface area contributed by atoms with Crippen molar-refractivity contribution in [3.63, 3.8) is 0 Å². The Labute approximate surface area is 121 Å². The molecule has 0 aliphatic carbocycles. The molecule has 2 aromatic rings. The van der Waals surface area contributed by atoms with Gasteiger partial charge in [-0.3, -0.25) is 0 Å². The lowest BCUT2D eigenvalue weighted by molar-refractivity contribution is 0.281. The molecule has 2 aromatic carbocycles. The van der Waals surface area contributed by atoms with Gasteiger partial charge in [-0.15, -0.1) is 0 Å². The smallest absolute Gasteiger partial charge is 0.131 e. The molecule has 0 unspecified atom stereocenters. The molecule has 1 N–H and O–H groups in total. The first kappa shape index (κ1) is 13.5. The van der Waals surface area contributed by atoms with Gasteiger partial charge in [-0.2, -0.15) is 0 Å². The van der Waals surface area contributed by atoms with E-state index in [1.165, 1.54) is 12.1 Å². The Kier molecular flexibility index (Phi) is 4.37. The van der Waals surface area contributed by atoms with Crippen molar-refractivity contribution in [3.05, 3.63) is 56.7 Å². The highest BCUT2D eigenvalue weighted by molar-refractivity contribution is 9.10. The van der Waals surface area contributed by atoms with Gasteiger partial charge in [0.1, 0.15) is 17.3 Å². The molecule has 0 saturated carbocycles. The minimum atomic E-state index is -0.370. The fourth-order valence-electron chi connectivity index (χ4n) is 1.44. The topological polar surface area (TPSA) is 29.5 Å². The Morgan fingerprint density at radius 3 is 2.44 bits per heavy atom. The molecule has 0 aliphatic rings. The maximum absolute atomic E-state index is 13.2. The van der Waals surface area contributed by atoms with Gasteiger partial charge in [-0.05, 0) is 29.8 Å². The molecule has 0 saturated heterocycles. The second-order valence-corrected chi connectivity index (χ2v) is 5.39. The van der Waals surface area contributed by atoms with Crippen LogP contribution >= 0.6 is 31.9 Å². The van der Waals surface area contributed by atoms with Crippen LogP contribution in [0.1, 0.15) is 5.56 Å². The number of hydrogen-bond donors (Lipinski definition) is 1. The van der Waals surface area contributed by atoms with Gasteiger partial charge in [0.15, 0.2) is 0 Å². The highest BCUT2D eigenvalue weighted by Gasteiger charge is 2.04. The fourth-order valence-corrected chi connectivity index (χ4v) is 2.37. The van der Waals surface area contributed by atoms with Gasteiger partial charge in [0.25, 0.3) is 0 Å². The third-order valence-corrected chi connectivity index (χ3v) is 3.46. The van der Waals surface area contributed by atoms with E-state index in [-0.39, 0.29) is 12.4 Å². The molecule has 0 radical (unpaired) electrons. The van der Waals surface area contributed by atoms with Crippen LogP contribution in [0.3, 0.4) is 0 Å². The van der Waals surface area contributed by atoms with Crippen LogP contribution in [0.2, 0.25) is 0 Å². The average molecular weight is 376 g/mol. The molecule has 18 heavy (non-hydrogen) atoms. The summed E-state index contributed by atoms with van der Waals surface area (Å²) in [6.45, 7) is -0.0492. The quantitative estimate of drug-likeness (QED) is 0.847. The van der Waals surface area contributed by atoms with E-state index in [2.05, 4.69) is 31.9 Å². The van der Waals surface area contributed by atoms with Crippen LogP contribution in [0.5, 0.6) is 11.5 Å². The van der Waals surface area contributed by atoms with Gasteiger partial charge in [0.2, 0.25) is 0 Å². The highest BCUT2D eigenvalue weighted by Crippen LogP contribution is 2.29. The van der Waals surface area contributed by atoms with Crippen LogP contribution in [0.4, 0.5) is 4.39 Å². The largest absolute Gasteiger partial charge is 0.457 e. The molecule has 94 valence electrons. The van der Waals surface area contributed by atoms with Crippen molar-refractivity contribution in [2.75, 3.05) is 0 Å². The van der Waals surface area contributed by atoms with Crippen LogP contribution in [-0.2, 0) is 6.61 Å². The highest BCUT2D eigenvalue weighted by atomic mass is 79.9. The minimum absolute atomic E-state index is 0.0492. The second-order valence-electron chi connectivity index (χ2n) is 3.62. The molecule has 0 aromatic heterocycles. The zero-order valence-electron chi connectivity index (χ0n) is 9.16. The van der Waals surface area contributed by atoms with Crippen LogP contribution in [0.25, 0.3) is 0 Å². The molecule has 0 amide bonds. The third-order valence-electron chi connectivity index (χ3n) is 2.27. The average Bonchev–Trinajstić information content (AvgIpc) is 2.27. The Morgan fingerprint density at radius 1 is 1.06 bits per heavy atom. The summed E-state index contributed by atoms with van der Waals surface area (Å²) in [4.78, 5) is 0. The number of rotatable bonds is 3. The standard InChI is InChI=1S/C13H9Br2FO2/c14-9-3-10(16)5-12(4-9)18-11-2-1-8(7-17)13(15)6-11/h1-6,17H,7H2. The van der Waals surface area contributed by atoms with Crippen molar-refractivity contribution >= 4 is 31.9 Å². The molecule has 2 rings (SSSR count). The Balaban J connectivity index is 2.25. The fraction of sp³-hybridized carbons (Fsp3) is 0.0769. The summed E-state index contributed by atoms with van der Waals surface area (Å²) in [5, 5.41) is 9.05. The number of aliphatic hydroxyl groups excluding tert-OH is 1. The lowest BCUT2D eigenvalue weighted by Gasteiger charge is -2.08. The van der Waals surface area contributed by atoms with E-state index in [1.807, 2.05) is 0 Å². The van der Waals surface area contributed by atoms with E-state index in [0.29, 0.717) is 16.0 Å². The first-order valence-corrected chi connectivity index (χ1v) is 6.70. The monoisotopic (exact) mass is 374 g/mol. The van der Waals surface area contributed by atoms with Crippen molar-refractivity contribution in [1.29, 1.82) is 0 Å². The van der Waals surface area contributed by atoms with E-state index in [1.54, 1.807) is 24.3 Å². The summed E-state index contributed by atoms with van der Waals surface area (Å²) in [6.07, 6.45) is 0.